The maximum atomic E-state index is 12.4. The quantitative estimate of drug-likeness (QED) is 0.378. The number of nitro groups is 1. The van der Waals surface area contributed by atoms with Crippen molar-refractivity contribution in [1.82, 2.24) is 4.90 Å². The Labute approximate surface area is 177 Å². The average Bonchev–Trinajstić information content (AvgIpc) is 2.59. The Morgan fingerprint density at radius 2 is 1.83 bits per heavy atom. The number of piperidine rings is 2. The maximum absolute atomic E-state index is 12.4. The number of benzene rings is 1. The minimum atomic E-state index is -1.90. The number of fused-ring (bicyclic) bond motifs is 1. The van der Waals surface area contributed by atoms with E-state index in [2.05, 4.69) is 64.7 Å². The lowest BCUT2D eigenvalue weighted by atomic mass is 9.64. The summed E-state index contributed by atoms with van der Waals surface area (Å²) in [7, 11) is -1.90. The summed E-state index contributed by atoms with van der Waals surface area (Å²) in [4.78, 5) is 14.7. The average molecular weight is 419 g/mol. The highest BCUT2D eigenvalue weighted by Crippen LogP contribution is 2.48. The van der Waals surface area contributed by atoms with E-state index in [-0.39, 0.29) is 33.4 Å². The van der Waals surface area contributed by atoms with Crippen molar-refractivity contribution >= 4 is 8.32 Å². The predicted molar refractivity (Wildman–Crippen MR) is 120 cm³/mol. The van der Waals surface area contributed by atoms with Gasteiger partial charge in [0.25, 0.3) is 0 Å². The molecular formula is C23H38N2O3Si. The lowest BCUT2D eigenvalue weighted by Gasteiger charge is -2.53. The predicted octanol–water partition coefficient (Wildman–Crippen LogP) is 5.31. The Hall–Kier alpha value is -1.24. The highest BCUT2D eigenvalue weighted by molar-refractivity contribution is 6.74. The Morgan fingerprint density at radius 1 is 1.21 bits per heavy atom. The molecule has 0 spiro atoms. The van der Waals surface area contributed by atoms with E-state index in [1.807, 2.05) is 18.2 Å². The second-order valence-corrected chi connectivity index (χ2v) is 16.0. The van der Waals surface area contributed by atoms with E-state index in [4.69, 9.17) is 4.43 Å². The van der Waals surface area contributed by atoms with Gasteiger partial charge in [-0.3, -0.25) is 15.0 Å². The van der Waals surface area contributed by atoms with Crippen molar-refractivity contribution in [2.75, 3.05) is 13.1 Å². The molecule has 5 nitrogen and oxygen atoms in total. The molecule has 162 valence electrons. The van der Waals surface area contributed by atoms with Gasteiger partial charge in [-0.2, -0.15) is 0 Å². The monoisotopic (exact) mass is 418 g/mol. The molecule has 1 aromatic rings. The number of hydrogen-bond donors (Lipinski definition) is 0. The van der Waals surface area contributed by atoms with E-state index < -0.39 is 14.4 Å². The molecule has 2 aliphatic heterocycles. The smallest absolute Gasteiger partial charge is 0.235 e. The fourth-order valence-corrected chi connectivity index (χ4v) is 6.54. The van der Waals surface area contributed by atoms with Gasteiger partial charge in [0.2, 0.25) is 6.04 Å². The molecule has 3 rings (SSSR count). The third kappa shape index (κ3) is 4.44. The number of rotatable bonds is 4. The van der Waals surface area contributed by atoms with Crippen molar-refractivity contribution in [3.63, 3.8) is 0 Å². The van der Waals surface area contributed by atoms with Crippen LogP contribution in [0.2, 0.25) is 18.1 Å². The molecule has 4 atom stereocenters. The van der Waals surface area contributed by atoms with Crippen LogP contribution in [0.3, 0.4) is 0 Å². The summed E-state index contributed by atoms with van der Waals surface area (Å²) in [6.45, 7) is 17.5. The lowest BCUT2D eigenvalue weighted by Crippen LogP contribution is -2.64. The van der Waals surface area contributed by atoms with Crippen LogP contribution in [0.5, 0.6) is 0 Å². The fourth-order valence-electron chi connectivity index (χ4n) is 5.14. The second-order valence-electron chi connectivity index (χ2n) is 11.2. The van der Waals surface area contributed by atoms with E-state index in [0.29, 0.717) is 0 Å². The van der Waals surface area contributed by atoms with Gasteiger partial charge in [0.15, 0.2) is 8.32 Å². The van der Waals surface area contributed by atoms with Crippen molar-refractivity contribution in [3.05, 3.63) is 46.0 Å². The van der Waals surface area contributed by atoms with Crippen LogP contribution in [0.1, 0.15) is 58.9 Å². The highest BCUT2D eigenvalue weighted by atomic mass is 28.4. The van der Waals surface area contributed by atoms with Crippen molar-refractivity contribution < 1.29 is 9.35 Å². The van der Waals surface area contributed by atoms with Gasteiger partial charge < -0.3 is 4.43 Å². The topological polar surface area (TPSA) is 55.6 Å². The fraction of sp³-hybridized carbons (Fsp3) is 0.739. The van der Waals surface area contributed by atoms with Crippen LogP contribution < -0.4 is 0 Å². The first kappa shape index (κ1) is 22.4. The molecule has 6 heteroatoms. The zero-order valence-electron chi connectivity index (χ0n) is 19.1. The molecule has 4 unspecified atom stereocenters. The van der Waals surface area contributed by atoms with Crippen LogP contribution in [0, 0.1) is 15.5 Å². The molecule has 1 aromatic carbocycles. The maximum Gasteiger partial charge on any atom is 0.235 e. The summed E-state index contributed by atoms with van der Waals surface area (Å²) >= 11 is 0. The lowest BCUT2D eigenvalue weighted by molar-refractivity contribution is -0.544. The first-order valence-corrected chi connectivity index (χ1v) is 13.8. The SMILES string of the molecule is CC1(C)CN2CCC(O[Si](C)(C)C(C)(C)C)CC2C([N+](=O)[O-])C1c1ccccc1. The molecule has 0 radical (unpaired) electrons. The zero-order chi connectivity index (χ0) is 21.6. The van der Waals surface area contributed by atoms with Crippen molar-refractivity contribution in [2.45, 2.75) is 89.7 Å². The minimum absolute atomic E-state index is 0.00898. The van der Waals surface area contributed by atoms with E-state index in [0.717, 1.165) is 31.5 Å². The van der Waals surface area contributed by atoms with Gasteiger partial charge in [0.05, 0.1) is 12.0 Å². The van der Waals surface area contributed by atoms with E-state index >= 15 is 0 Å². The Bertz CT molecular complexity index is 729. The largest absolute Gasteiger partial charge is 0.414 e. The highest BCUT2D eigenvalue weighted by Gasteiger charge is 2.56. The first-order valence-electron chi connectivity index (χ1n) is 10.9. The molecular weight excluding hydrogens is 380 g/mol. The van der Waals surface area contributed by atoms with E-state index in [1.54, 1.807) is 0 Å². The van der Waals surface area contributed by atoms with Gasteiger partial charge in [0, 0.05) is 24.1 Å². The van der Waals surface area contributed by atoms with Gasteiger partial charge in [0.1, 0.15) is 0 Å². The summed E-state index contributed by atoms with van der Waals surface area (Å²) in [5.41, 5.74) is 0.939. The van der Waals surface area contributed by atoms with Crippen molar-refractivity contribution in [1.29, 1.82) is 0 Å². The Balaban J connectivity index is 1.90. The Morgan fingerprint density at radius 3 is 2.38 bits per heavy atom. The van der Waals surface area contributed by atoms with E-state index in [1.165, 1.54) is 0 Å². The van der Waals surface area contributed by atoms with Crippen LogP contribution in [0.4, 0.5) is 0 Å². The molecule has 2 aliphatic rings. The molecule has 0 amide bonds. The Kier molecular flexibility index (Phi) is 6.02. The summed E-state index contributed by atoms with van der Waals surface area (Å²) in [6, 6.07) is 9.43. The summed E-state index contributed by atoms with van der Waals surface area (Å²) in [6.07, 6.45) is 1.86. The summed E-state index contributed by atoms with van der Waals surface area (Å²) < 4.78 is 6.70. The number of hydrogen-bond acceptors (Lipinski definition) is 4. The van der Waals surface area contributed by atoms with E-state index in [9.17, 15) is 10.1 Å². The molecule has 0 aliphatic carbocycles. The molecule has 2 saturated heterocycles. The molecule has 0 saturated carbocycles. The normalized spacial score (nSPS) is 30.6. The number of nitrogens with zero attached hydrogens (tertiary/aromatic N) is 2. The summed E-state index contributed by atoms with van der Waals surface area (Å²) in [5, 5.41) is 12.5. The van der Waals surface area contributed by atoms with Crippen LogP contribution in [0.25, 0.3) is 0 Å². The molecule has 0 N–H and O–H groups in total. The zero-order valence-corrected chi connectivity index (χ0v) is 20.1. The van der Waals surface area contributed by atoms with Gasteiger partial charge in [-0.1, -0.05) is 65.0 Å². The minimum Gasteiger partial charge on any atom is -0.414 e. The van der Waals surface area contributed by atoms with Gasteiger partial charge in [-0.15, -0.1) is 0 Å². The molecule has 0 aromatic heterocycles. The van der Waals surface area contributed by atoms with Crippen molar-refractivity contribution in [2.24, 2.45) is 5.41 Å². The van der Waals surface area contributed by atoms with Crippen LogP contribution in [-0.4, -0.2) is 49.4 Å². The van der Waals surface area contributed by atoms with Crippen LogP contribution in [0.15, 0.2) is 30.3 Å². The molecule has 2 fully saturated rings. The van der Waals surface area contributed by atoms with Gasteiger partial charge in [-0.05, 0) is 42.0 Å². The van der Waals surface area contributed by atoms with Crippen molar-refractivity contribution in [3.8, 4) is 0 Å². The van der Waals surface area contributed by atoms with Crippen LogP contribution in [-0.2, 0) is 4.43 Å². The van der Waals surface area contributed by atoms with Gasteiger partial charge >= 0.3 is 0 Å². The second kappa shape index (κ2) is 7.78. The third-order valence-corrected chi connectivity index (χ3v) is 12.1. The summed E-state index contributed by atoms with van der Waals surface area (Å²) in [5.74, 6) is -0.0911. The molecule has 0 bridgehead atoms. The third-order valence-electron chi connectivity index (χ3n) is 7.57. The molecule has 2 heterocycles. The standard InChI is InChI=1S/C23H38N2O3Si/c1-22(2,3)29(6,7)28-18-13-14-24-16-23(4,5)20(17-11-9-8-10-12-17)21(25(26)27)19(24)15-18/h8-12,18-21H,13-16H2,1-7H3. The first-order chi connectivity index (χ1) is 13.3. The van der Waals surface area contributed by atoms with Crippen LogP contribution >= 0.6 is 0 Å². The molecule has 29 heavy (non-hydrogen) atoms. The van der Waals surface area contributed by atoms with Gasteiger partial charge in [-0.25, -0.2) is 0 Å².